The van der Waals surface area contributed by atoms with Crippen molar-refractivity contribution in [2.45, 2.75) is 45.7 Å². The van der Waals surface area contributed by atoms with Crippen LogP contribution in [0.15, 0.2) is 0 Å². The molecule has 2 saturated heterocycles. The summed E-state index contributed by atoms with van der Waals surface area (Å²) >= 11 is 0. The predicted octanol–water partition coefficient (Wildman–Crippen LogP) is 1.34. The third kappa shape index (κ3) is 2.06. The van der Waals surface area contributed by atoms with Crippen LogP contribution in [0.4, 0.5) is 0 Å². The molecule has 1 amide bonds. The Balaban J connectivity index is 1.83. The number of piperazine rings is 1. The monoisotopic (exact) mass is 262 g/mol. The second kappa shape index (κ2) is 4.63. The number of rotatable bonds is 1. The van der Waals surface area contributed by atoms with Gasteiger partial charge in [0.25, 0.3) is 5.91 Å². The topological polar surface area (TPSA) is 52.2 Å². The highest BCUT2D eigenvalue weighted by atomic mass is 16.2. The third-order valence-corrected chi connectivity index (χ3v) is 4.54. The number of aryl methyl sites for hydroxylation is 2. The van der Waals surface area contributed by atoms with Gasteiger partial charge in [-0.2, -0.15) is 5.10 Å². The van der Waals surface area contributed by atoms with E-state index in [2.05, 4.69) is 22.0 Å². The fourth-order valence-electron chi connectivity index (χ4n) is 3.48. The number of nitrogens with zero attached hydrogens (tertiary/aromatic N) is 3. The van der Waals surface area contributed by atoms with Crippen molar-refractivity contribution in [3.63, 3.8) is 0 Å². The van der Waals surface area contributed by atoms with Gasteiger partial charge in [0.2, 0.25) is 0 Å². The van der Waals surface area contributed by atoms with Crippen molar-refractivity contribution in [3.8, 4) is 0 Å². The van der Waals surface area contributed by atoms with Crippen LogP contribution in [-0.4, -0.2) is 57.6 Å². The molecule has 0 radical (unpaired) electrons. The first kappa shape index (κ1) is 12.7. The fraction of sp³-hybridized carbons (Fsp3) is 0.714. The van der Waals surface area contributed by atoms with Crippen LogP contribution in [-0.2, 0) is 0 Å². The molecule has 0 spiro atoms. The average Bonchev–Trinajstić information content (AvgIpc) is 2.94. The molecule has 3 heterocycles. The molecule has 2 aliphatic heterocycles. The number of amides is 1. The molecule has 1 aromatic rings. The molecule has 2 atom stereocenters. The van der Waals surface area contributed by atoms with E-state index in [1.54, 1.807) is 0 Å². The lowest BCUT2D eigenvalue weighted by Crippen LogP contribution is -2.56. The number of nitrogens with one attached hydrogen (secondary N) is 1. The first-order chi connectivity index (χ1) is 9.08. The highest BCUT2D eigenvalue weighted by Gasteiger charge is 2.37. The molecule has 3 rings (SSSR count). The third-order valence-electron chi connectivity index (χ3n) is 4.54. The number of fused-ring (bicyclic) bond motifs is 1. The Hall–Kier alpha value is -1.36. The second-order valence-corrected chi connectivity index (χ2v) is 5.91. The molecule has 104 valence electrons. The summed E-state index contributed by atoms with van der Waals surface area (Å²) in [5.41, 5.74) is 2.45. The van der Waals surface area contributed by atoms with Crippen LogP contribution in [0.3, 0.4) is 0 Å². The van der Waals surface area contributed by atoms with Gasteiger partial charge >= 0.3 is 0 Å². The molecule has 1 aromatic heterocycles. The summed E-state index contributed by atoms with van der Waals surface area (Å²) in [5, 5.41) is 7.05. The summed E-state index contributed by atoms with van der Waals surface area (Å²) in [6.45, 7) is 9.03. The summed E-state index contributed by atoms with van der Waals surface area (Å²) in [6, 6.07) is 0.850. The number of carbonyl (C=O) groups is 1. The molecule has 19 heavy (non-hydrogen) atoms. The number of carbonyl (C=O) groups excluding carboxylic acids is 1. The average molecular weight is 262 g/mol. The quantitative estimate of drug-likeness (QED) is 0.831. The van der Waals surface area contributed by atoms with E-state index in [1.165, 1.54) is 19.4 Å². The van der Waals surface area contributed by atoms with Crippen LogP contribution in [0, 0.1) is 13.8 Å². The zero-order valence-corrected chi connectivity index (χ0v) is 11.9. The molecular formula is C14H22N4O. The van der Waals surface area contributed by atoms with Gasteiger partial charge in [0.15, 0.2) is 0 Å². The summed E-state index contributed by atoms with van der Waals surface area (Å²) in [5.74, 6) is 0.141. The van der Waals surface area contributed by atoms with Gasteiger partial charge in [0.05, 0.1) is 11.3 Å². The predicted molar refractivity (Wildman–Crippen MR) is 73.2 cm³/mol. The van der Waals surface area contributed by atoms with E-state index in [4.69, 9.17) is 0 Å². The van der Waals surface area contributed by atoms with Crippen LogP contribution in [0.5, 0.6) is 0 Å². The normalized spacial score (nSPS) is 27.6. The van der Waals surface area contributed by atoms with Crippen molar-refractivity contribution in [2.75, 3.05) is 19.6 Å². The van der Waals surface area contributed by atoms with Crippen molar-refractivity contribution in [3.05, 3.63) is 17.0 Å². The lowest BCUT2D eigenvalue weighted by Gasteiger charge is -2.42. The van der Waals surface area contributed by atoms with Gasteiger partial charge in [0, 0.05) is 30.9 Å². The zero-order valence-electron chi connectivity index (χ0n) is 11.9. The second-order valence-electron chi connectivity index (χ2n) is 5.91. The van der Waals surface area contributed by atoms with Gasteiger partial charge in [0.1, 0.15) is 0 Å². The minimum Gasteiger partial charge on any atom is -0.333 e. The Morgan fingerprint density at radius 2 is 2.16 bits per heavy atom. The van der Waals surface area contributed by atoms with E-state index in [0.717, 1.165) is 30.0 Å². The van der Waals surface area contributed by atoms with Gasteiger partial charge in [-0.25, -0.2) is 0 Å². The Bertz CT molecular complexity index is 476. The molecule has 0 saturated carbocycles. The van der Waals surface area contributed by atoms with Crippen LogP contribution in [0.1, 0.15) is 41.5 Å². The van der Waals surface area contributed by atoms with Gasteiger partial charge in [-0.15, -0.1) is 0 Å². The van der Waals surface area contributed by atoms with Gasteiger partial charge in [-0.3, -0.25) is 14.8 Å². The van der Waals surface area contributed by atoms with Crippen LogP contribution in [0.25, 0.3) is 0 Å². The van der Waals surface area contributed by atoms with Crippen molar-refractivity contribution in [2.24, 2.45) is 0 Å². The highest BCUT2D eigenvalue weighted by molar-refractivity contribution is 5.96. The van der Waals surface area contributed by atoms with Crippen LogP contribution in [0.2, 0.25) is 0 Å². The standard InChI is InChI=1S/C14H22N4O/c1-9-7-17-6-4-5-12(17)8-18(9)14(19)13-10(2)15-16-11(13)3/h9,12H,4-8H2,1-3H3,(H,15,16). The first-order valence-electron chi connectivity index (χ1n) is 7.14. The molecule has 2 unspecified atom stereocenters. The van der Waals surface area contributed by atoms with Crippen molar-refractivity contribution >= 4 is 5.91 Å². The molecular weight excluding hydrogens is 240 g/mol. The van der Waals surface area contributed by atoms with E-state index in [-0.39, 0.29) is 11.9 Å². The highest BCUT2D eigenvalue weighted by Crippen LogP contribution is 2.26. The number of hydrogen-bond donors (Lipinski definition) is 1. The Kier molecular flexibility index (Phi) is 3.09. The largest absolute Gasteiger partial charge is 0.333 e. The summed E-state index contributed by atoms with van der Waals surface area (Å²) < 4.78 is 0. The minimum atomic E-state index is 0.141. The van der Waals surface area contributed by atoms with E-state index in [0.29, 0.717) is 6.04 Å². The smallest absolute Gasteiger partial charge is 0.257 e. The fourth-order valence-corrected chi connectivity index (χ4v) is 3.48. The molecule has 5 heteroatoms. The van der Waals surface area contributed by atoms with Crippen LogP contribution >= 0.6 is 0 Å². The number of H-pyrrole nitrogens is 1. The van der Waals surface area contributed by atoms with Gasteiger partial charge in [-0.1, -0.05) is 0 Å². The number of aromatic nitrogens is 2. The number of aromatic amines is 1. The molecule has 0 aromatic carbocycles. The van der Waals surface area contributed by atoms with Crippen molar-refractivity contribution in [1.82, 2.24) is 20.0 Å². The van der Waals surface area contributed by atoms with E-state index < -0.39 is 0 Å². The van der Waals surface area contributed by atoms with Gasteiger partial charge < -0.3 is 4.90 Å². The first-order valence-corrected chi connectivity index (χ1v) is 7.14. The maximum atomic E-state index is 12.7. The molecule has 5 nitrogen and oxygen atoms in total. The van der Waals surface area contributed by atoms with Crippen molar-refractivity contribution < 1.29 is 4.79 Å². The summed E-state index contributed by atoms with van der Waals surface area (Å²) in [4.78, 5) is 17.3. The summed E-state index contributed by atoms with van der Waals surface area (Å²) in [7, 11) is 0. The molecule has 0 bridgehead atoms. The lowest BCUT2D eigenvalue weighted by atomic mass is 10.1. The molecule has 2 aliphatic rings. The Morgan fingerprint density at radius 3 is 2.84 bits per heavy atom. The van der Waals surface area contributed by atoms with E-state index >= 15 is 0 Å². The maximum Gasteiger partial charge on any atom is 0.257 e. The molecule has 2 fully saturated rings. The SMILES string of the molecule is Cc1n[nH]c(C)c1C(=O)N1CC2CCCN2CC1C. The van der Waals surface area contributed by atoms with Crippen LogP contribution < -0.4 is 0 Å². The summed E-state index contributed by atoms with van der Waals surface area (Å²) in [6.07, 6.45) is 2.49. The minimum absolute atomic E-state index is 0.141. The Labute approximate surface area is 114 Å². The van der Waals surface area contributed by atoms with Crippen molar-refractivity contribution in [1.29, 1.82) is 0 Å². The Morgan fingerprint density at radius 1 is 1.37 bits per heavy atom. The van der Waals surface area contributed by atoms with E-state index in [9.17, 15) is 4.79 Å². The van der Waals surface area contributed by atoms with Gasteiger partial charge in [-0.05, 0) is 40.2 Å². The number of hydrogen-bond acceptors (Lipinski definition) is 3. The lowest BCUT2D eigenvalue weighted by molar-refractivity contribution is 0.0394. The molecule has 1 N–H and O–H groups in total. The molecule has 0 aliphatic carbocycles. The van der Waals surface area contributed by atoms with E-state index in [1.807, 2.05) is 18.7 Å². The zero-order chi connectivity index (χ0) is 13.6. The maximum absolute atomic E-state index is 12.7.